The Morgan fingerprint density at radius 3 is 2.50 bits per heavy atom. The van der Waals surface area contributed by atoms with Crippen LogP contribution in [0.1, 0.15) is 24.9 Å². The fourth-order valence-electron chi connectivity index (χ4n) is 1.78. The molecule has 0 aliphatic heterocycles. The molecule has 1 N–H and O–H groups in total. The summed E-state index contributed by atoms with van der Waals surface area (Å²) in [6.45, 7) is 3.44. The summed E-state index contributed by atoms with van der Waals surface area (Å²) in [7, 11) is 5.29. The van der Waals surface area contributed by atoms with Gasteiger partial charge in [0, 0.05) is 26.2 Å². The zero-order chi connectivity index (χ0) is 13.4. The number of hydrogen-bond donors (Lipinski definition) is 1. The molecule has 0 aromatic heterocycles. The van der Waals surface area contributed by atoms with Gasteiger partial charge in [0.05, 0.1) is 19.3 Å². The Morgan fingerprint density at radius 2 is 1.89 bits per heavy atom. The summed E-state index contributed by atoms with van der Waals surface area (Å²) in [6, 6.07) is 6.04. The molecule has 18 heavy (non-hydrogen) atoms. The van der Waals surface area contributed by atoms with Gasteiger partial charge in [0.15, 0.2) is 0 Å². The lowest BCUT2D eigenvalue weighted by molar-refractivity contribution is 0.171. The second-order valence-corrected chi connectivity index (χ2v) is 4.08. The maximum atomic E-state index is 5.80. The highest BCUT2D eigenvalue weighted by Gasteiger charge is 2.15. The van der Waals surface area contributed by atoms with E-state index in [1.54, 1.807) is 14.2 Å². The highest BCUT2D eigenvalue weighted by Crippen LogP contribution is 2.33. The summed E-state index contributed by atoms with van der Waals surface area (Å²) in [4.78, 5) is 0. The van der Waals surface area contributed by atoms with Crippen molar-refractivity contribution in [2.45, 2.75) is 19.4 Å². The molecule has 0 aliphatic rings. The number of benzene rings is 1. The maximum Gasteiger partial charge on any atom is 0.127 e. The van der Waals surface area contributed by atoms with E-state index in [0.717, 1.165) is 23.5 Å². The topological polar surface area (TPSA) is 39.7 Å². The Bertz CT molecular complexity index is 355. The van der Waals surface area contributed by atoms with Gasteiger partial charge >= 0.3 is 0 Å². The predicted octanol–water partition coefficient (Wildman–Crippen LogP) is 2.39. The van der Waals surface area contributed by atoms with Crippen LogP contribution in [-0.2, 0) is 4.74 Å². The molecule has 4 heteroatoms. The summed E-state index contributed by atoms with van der Waals surface area (Å²) in [5.74, 6) is 1.72. The first kappa shape index (κ1) is 14.8. The van der Waals surface area contributed by atoms with Gasteiger partial charge in [-0.15, -0.1) is 0 Å². The first-order chi connectivity index (χ1) is 8.74. The summed E-state index contributed by atoms with van der Waals surface area (Å²) >= 11 is 0. The van der Waals surface area contributed by atoms with Crippen molar-refractivity contribution in [3.05, 3.63) is 23.8 Å². The lowest BCUT2D eigenvalue weighted by Crippen LogP contribution is -2.15. The Hall–Kier alpha value is -1.26. The molecule has 0 saturated heterocycles. The van der Waals surface area contributed by atoms with Crippen molar-refractivity contribution < 1.29 is 14.2 Å². The van der Waals surface area contributed by atoms with Crippen molar-refractivity contribution in [3.63, 3.8) is 0 Å². The third-order valence-corrected chi connectivity index (χ3v) is 2.86. The third kappa shape index (κ3) is 3.89. The molecular formula is C14H23NO3. The zero-order valence-corrected chi connectivity index (χ0v) is 11.7. The molecule has 1 aromatic carbocycles. The van der Waals surface area contributed by atoms with Gasteiger partial charge in [-0.25, -0.2) is 0 Å². The van der Waals surface area contributed by atoms with Gasteiger partial charge < -0.3 is 19.5 Å². The van der Waals surface area contributed by atoms with E-state index in [4.69, 9.17) is 14.2 Å². The Labute approximate surface area is 109 Å². The summed E-state index contributed by atoms with van der Waals surface area (Å²) in [5, 5.41) is 3.21. The highest BCUT2D eigenvalue weighted by atomic mass is 16.5. The average molecular weight is 253 g/mol. The van der Waals surface area contributed by atoms with Gasteiger partial charge in [-0.1, -0.05) is 6.07 Å². The summed E-state index contributed by atoms with van der Waals surface area (Å²) < 4.78 is 16.2. The first-order valence-corrected chi connectivity index (χ1v) is 6.20. The number of rotatable bonds is 8. The van der Waals surface area contributed by atoms with Crippen LogP contribution in [0.3, 0.4) is 0 Å². The van der Waals surface area contributed by atoms with Crippen LogP contribution in [0.25, 0.3) is 0 Å². The van der Waals surface area contributed by atoms with Crippen LogP contribution in [0.4, 0.5) is 0 Å². The van der Waals surface area contributed by atoms with Crippen molar-refractivity contribution in [2.24, 2.45) is 0 Å². The van der Waals surface area contributed by atoms with Crippen LogP contribution < -0.4 is 14.8 Å². The van der Waals surface area contributed by atoms with Gasteiger partial charge in [-0.3, -0.25) is 0 Å². The molecule has 0 aliphatic carbocycles. The minimum Gasteiger partial charge on any atom is -0.496 e. The molecular weight excluding hydrogens is 230 g/mol. The second-order valence-electron chi connectivity index (χ2n) is 4.08. The normalized spacial score (nSPS) is 12.2. The number of nitrogens with one attached hydrogen (secondary N) is 1. The van der Waals surface area contributed by atoms with E-state index in [9.17, 15) is 0 Å². The SMILES string of the molecule is CNC(C)c1c(OC)cccc1OCCCOC. The van der Waals surface area contributed by atoms with Crippen LogP contribution in [0.2, 0.25) is 0 Å². The molecule has 1 rings (SSSR count). The highest BCUT2D eigenvalue weighted by molar-refractivity contribution is 5.46. The molecule has 4 nitrogen and oxygen atoms in total. The monoisotopic (exact) mass is 253 g/mol. The first-order valence-electron chi connectivity index (χ1n) is 6.20. The van der Waals surface area contributed by atoms with Crippen molar-refractivity contribution in [1.82, 2.24) is 5.32 Å². The fraction of sp³-hybridized carbons (Fsp3) is 0.571. The van der Waals surface area contributed by atoms with Gasteiger partial charge in [0.1, 0.15) is 11.5 Å². The molecule has 0 amide bonds. The molecule has 102 valence electrons. The Kier molecular flexibility index (Phi) is 6.54. The van der Waals surface area contributed by atoms with E-state index in [1.807, 2.05) is 25.2 Å². The molecule has 0 saturated carbocycles. The number of methoxy groups -OCH3 is 2. The molecule has 0 heterocycles. The molecule has 0 spiro atoms. The van der Waals surface area contributed by atoms with Gasteiger partial charge in [0.25, 0.3) is 0 Å². The Morgan fingerprint density at radius 1 is 1.17 bits per heavy atom. The molecule has 0 bridgehead atoms. The summed E-state index contributed by atoms with van der Waals surface area (Å²) in [6.07, 6.45) is 0.876. The van der Waals surface area contributed by atoms with E-state index >= 15 is 0 Å². The minimum absolute atomic E-state index is 0.179. The smallest absolute Gasteiger partial charge is 0.127 e. The van der Waals surface area contributed by atoms with Gasteiger partial charge in [0.2, 0.25) is 0 Å². The minimum atomic E-state index is 0.179. The van der Waals surface area contributed by atoms with E-state index in [1.165, 1.54) is 0 Å². The Balaban J connectivity index is 2.81. The maximum absolute atomic E-state index is 5.80. The van der Waals surface area contributed by atoms with Crippen LogP contribution in [0, 0.1) is 0 Å². The standard InChI is InChI=1S/C14H23NO3/c1-11(15-2)14-12(17-4)7-5-8-13(14)18-10-6-9-16-3/h5,7-8,11,15H,6,9-10H2,1-4H3. The molecule has 1 atom stereocenters. The summed E-state index contributed by atoms with van der Waals surface area (Å²) in [5.41, 5.74) is 1.06. The van der Waals surface area contributed by atoms with Crippen LogP contribution in [0.5, 0.6) is 11.5 Å². The fourth-order valence-corrected chi connectivity index (χ4v) is 1.78. The van der Waals surface area contributed by atoms with Crippen LogP contribution in [-0.4, -0.2) is 34.5 Å². The van der Waals surface area contributed by atoms with Crippen molar-refractivity contribution in [3.8, 4) is 11.5 Å². The van der Waals surface area contributed by atoms with E-state index in [0.29, 0.717) is 13.2 Å². The van der Waals surface area contributed by atoms with Crippen LogP contribution in [0.15, 0.2) is 18.2 Å². The molecule has 0 radical (unpaired) electrons. The number of hydrogen-bond acceptors (Lipinski definition) is 4. The third-order valence-electron chi connectivity index (χ3n) is 2.86. The largest absolute Gasteiger partial charge is 0.496 e. The average Bonchev–Trinajstić information content (AvgIpc) is 2.42. The van der Waals surface area contributed by atoms with Gasteiger partial charge in [-0.05, 0) is 26.1 Å². The predicted molar refractivity (Wildman–Crippen MR) is 72.5 cm³/mol. The van der Waals surface area contributed by atoms with E-state index < -0.39 is 0 Å². The zero-order valence-electron chi connectivity index (χ0n) is 11.7. The van der Waals surface area contributed by atoms with Crippen LogP contribution >= 0.6 is 0 Å². The van der Waals surface area contributed by atoms with Crippen molar-refractivity contribution in [2.75, 3.05) is 34.5 Å². The van der Waals surface area contributed by atoms with Gasteiger partial charge in [-0.2, -0.15) is 0 Å². The lowest BCUT2D eigenvalue weighted by Gasteiger charge is -2.19. The quantitative estimate of drug-likeness (QED) is 0.722. The van der Waals surface area contributed by atoms with Crippen molar-refractivity contribution in [1.29, 1.82) is 0 Å². The lowest BCUT2D eigenvalue weighted by atomic mass is 10.1. The van der Waals surface area contributed by atoms with E-state index in [-0.39, 0.29) is 6.04 Å². The van der Waals surface area contributed by atoms with E-state index in [2.05, 4.69) is 12.2 Å². The molecule has 1 aromatic rings. The van der Waals surface area contributed by atoms with Crippen molar-refractivity contribution >= 4 is 0 Å². The molecule has 1 unspecified atom stereocenters. The second kappa shape index (κ2) is 7.95. The molecule has 0 fully saturated rings. The number of ether oxygens (including phenoxy) is 3.